The fourth-order valence-corrected chi connectivity index (χ4v) is 5.19. The molecule has 2 aliphatic rings. The molecular weight excluding hydrogens is 422 g/mol. The molecule has 1 heterocycles. The van der Waals surface area contributed by atoms with Crippen LogP contribution in [-0.2, 0) is 19.4 Å². The van der Waals surface area contributed by atoms with Gasteiger partial charge in [0, 0.05) is 42.8 Å². The SMILES string of the molecule is COc1ccc(Cl)cc1CNC[C@H]1CC[C@@H](Nc2nc3c(c(N(C)C)n2)CCCC3)CC1. The van der Waals surface area contributed by atoms with Gasteiger partial charge in [-0.15, -0.1) is 0 Å². The smallest absolute Gasteiger partial charge is 0.225 e. The van der Waals surface area contributed by atoms with Crippen molar-refractivity contribution in [2.24, 2.45) is 5.92 Å². The number of nitrogens with zero attached hydrogens (tertiary/aromatic N) is 3. The molecule has 1 aromatic heterocycles. The Kier molecular flexibility index (Phi) is 7.74. The monoisotopic (exact) mass is 457 g/mol. The van der Waals surface area contributed by atoms with Crippen molar-refractivity contribution in [2.75, 3.05) is 38.0 Å². The van der Waals surface area contributed by atoms with Gasteiger partial charge in [0.25, 0.3) is 0 Å². The lowest BCUT2D eigenvalue weighted by Gasteiger charge is -2.30. The van der Waals surface area contributed by atoms with E-state index in [1.165, 1.54) is 36.9 Å². The predicted octanol–water partition coefficient (Wildman–Crippen LogP) is 4.84. The molecule has 0 spiro atoms. The third-order valence-corrected chi connectivity index (χ3v) is 6.99. The Morgan fingerprint density at radius 2 is 1.88 bits per heavy atom. The highest BCUT2D eigenvalue weighted by Gasteiger charge is 2.24. The number of aromatic nitrogens is 2. The number of rotatable bonds is 8. The van der Waals surface area contributed by atoms with Crippen molar-refractivity contribution in [3.8, 4) is 5.75 Å². The van der Waals surface area contributed by atoms with Gasteiger partial charge in [0.05, 0.1) is 12.8 Å². The molecule has 0 saturated heterocycles. The van der Waals surface area contributed by atoms with Crippen LogP contribution in [0.15, 0.2) is 18.2 Å². The molecule has 7 heteroatoms. The Morgan fingerprint density at radius 3 is 2.62 bits per heavy atom. The van der Waals surface area contributed by atoms with Gasteiger partial charge < -0.3 is 20.3 Å². The van der Waals surface area contributed by atoms with Gasteiger partial charge in [-0.1, -0.05) is 11.6 Å². The summed E-state index contributed by atoms with van der Waals surface area (Å²) in [5.41, 5.74) is 3.70. The lowest BCUT2D eigenvalue weighted by molar-refractivity contribution is 0.322. The van der Waals surface area contributed by atoms with Crippen LogP contribution in [-0.4, -0.2) is 43.8 Å². The van der Waals surface area contributed by atoms with Gasteiger partial charge in [-0.25, -0.2) is 4.98 Å². The largest absolute Gasteiger partial charge is 0.496 e. The Balaban J connectivity index is 1.27. The molecule has 2 aliphatic carbocycles. The predicted molar refractivity (Wildman–Crippen MR) is 132 cm³/mol. The maximum absolute atomic E-state index is 6.15. The second-order valence-corrected chi connectivity index (χ2v) is 9.78. The molecule has 0 radical (unpaired) electrons. The molecule has 1 fully saturated rings. The second kappa shape index (κ2) is 10.7. The van der Waals surface area contributed by atoms with E-state index >= 15 is 0 Å². The van der Waals surface area contributed by atoms with E-state index in [1.807, 2.05) is 18.2 Å². The van der Waals surface area contributed by atoms with E-state index < -0.39 is 0 Å². The first-order chi connectivity index (χ1) is 15.5. The number of aryl methyl sites for hydroxylation is 1. The summed E-state index contributed by atoms with van der Waals surface area (Å²) in [5.74, 6) is 3.48. The Morgan fingerprint density at radius 1 is 1.09 bits per heavy atom. The summed E-state index contributed by atoms with van der Waals surface area (Å²) in [5, 5.41) is 8.00. The number of hydrogen-bond donors (Lipinski definition) is 2. The van der Waals surface area contributed by atoms with Crippen molar-refractivity contribution >= 4 is 23.4 Å². The van der Waals surface area contributed by atoms with E-state index in [1.54, 1.807) is 7.11 Å². The molecule has 0 aliphatic heterocycles. The summed E-state index contributed by atoms with van der Waals surface area (Å²) >= 11 is 6.15. The molecule has 0 bridgehead atoms. The number of benzene rings is 1. The van der Waals surface area contributed by atoms with Crippen LogP contribution in [0.2, 0.25) is 5.02 Å². The van der Waals surface area contributed by atoms with Crippen molar-refractivity contribution in [2.45, 2.75) is 64.0 Å². The van der Waals surface area contributed by atoms with Gasteiger partial charge in [0.2, 0.25) is 5.95 Å². The van der Waals surface area contributed by atoms with Crippen molar-refractivity contribution < 1.29 is 4.74 Å². The van der Waals surface area contributed by atoms with E-state index in [9.17, 15) is 0 Å². The highest BCUT2D eigenvalue weighted by atomic mass is 35.5. The molecule has 6 nitrogen and oxygen atoms in total. The fourth-order valence-electron chi connectivity index (χ4n) is 5.00. The normalized spacial score (nSPS) is 20.5. The zero-order valence-electron chi connectivity index (χ0n) is 19.6. The van der Waals surface area contributed by atoms with Gasteiger partial charge in [-0.2, -0.15) is 4.98 Å². The van der Waals surface area contributed by atoms with Crippen molar-refractivity contribution in [1.29, 1.82) is 0 Å². The van der Waals surface area contributed by atoms with Gasteiger partial charge >= 0.3 is 0 Å². The zero-order chi connectivity index (χ0) is 22.5. The van der Waals surface area contributed by atoms with Crippen LogP contribution in [0.1, 0.15) is 55.3 Å². The summed E-state index contributed by atoms with van der Waals surface area (Å²) in [6.07, 6.45) is 9.38. The maximum atomic E-state index is 6.15. The first kappa shape index (κ1) is 23.1. The minimum atomic E-state index is 0.455. The minimum absolute atomic E-state index is 0.455. The molecule has 2 aromatic rings. The van der Waals surface area contributed by atoms with Crippen LogP contribution in [0.4, 0.5) is 11.8 Å². The highest BCUT2D eigenvalue weighted by molar-refractivity contribution is 6.30. The lowest BCUT2D eigenvalue weighted by atomic mass is 9.86. The first-order valence-corrected chi connectivity index (χ1v) is 12.3. The van der Waals surface area contributed by atoms with Crippen LogP contribution in [0.3, 0.4) is 0 Å². The summed E-state index contributed by atoms with van der Waals surface area (Å²) in [4.78, 5) is 11.9. The molecular formula is C25H36ClN5O. The molecule has 0 unspecified atom stereocenters. The Labute approximate surface area is 197 Å². The molecule has 32 heavy (non-hydrogen) atoms. The molecule has 0 amide bonds. The molecule has 174 valence electrons. The third-order valence-electron chi connectivity index (χ3n) is 6.76. The fraction of sp³-hybridized carbons (Fsp3) is 0.600. The van der Waals surface area contributed by atoms with Gasteiger partial charge in [0.1, 0.15) is 11.6 Å². The summed E-state index contributed by atoms with van der Waals surface area (Å²) < 4.78 is 5.45. The summed E-state index contributed by atoms with van der Waals surface area (Å²) in [6, 6.07) is 6.23. The number of nitrogens with one attached hydrogen (secondary N) is 2. The average Bonchev–Trinajstić information content (AvgIpc) is 2.80. The van der Waals surface area contributed by atoms with Crippen molar-refractivity contribution in [1.82, 2.24) is 15.3 Å². The van der Waals surface area contributed by atoms with Crippen molar-refractivity contribution in [3.63, 3.8) is 0 Å². The number of fused-ring (bicyclic) bond motifs is 1. The van der Waals surface area contributed by atoms with Gasteiger partial charge in [-0.3, -0.25) is 0 Å². The zero-order valence-corrected chi connectivity index (χ0v) is 20.3. The number of methoxy groups -OCH3 is 1. The molecule has 2 N–H and O–H groups in total. The standard InChI is InChI=1S/C25H36ClN5O/c1-31(2)24-21-6-4-5-7-22(21)29-25(30-24)28-20-11-8-17(9-12-20)15-27-16-18-14-19(26)10-13-23(18)32-3/h10,13-14,17,20,27H,4-9,11-12,15-16H2,1-3H3,(H,28,29,30)/t17-,20+. The Hall–Kier alpha value is -2.05. The van der Waals surface area contributed by atoms with Gasteiger partial charge in [0.15, 0.2) is 0 Å². The van der Waals surface area contributed by atoms with Crippen LogP contribution in [0, 0.1) is 5.92 Å². The van der Waals surface area contributed by atoms with E-state index in [0.29, 0.717) is 12.0 Å². The summed E-state index contributed by atoms with van der Waals surface area (Å²) in [7, 11) is 5.87. The first-order valence-electron chi connectivity index (χ1n) is 11.9. The number of ether oxygens (including phenoxy) is 1. The maximum Gasteiger partial charge on any atom is 0.225 e. The van der Waals surface area contributed by atoms with Gasteiger partial charge in [-0.05, 0) is 82.0 Å². The van der Waals surface area contributed by atoms with Crippen molar-refractivity contribution in [3.05, 3.63) is 40.0 Å². The minimum Gasteiger partial charge on any atom is -0.496 e. The number of hydrogen-bond acceptors (Lipinski definition) is 6. The molecule has 1 aromatic carbocycles. The van der Waals surface area contributed by atoms with E-state index in [2.05, 4.69) is 29.6 Å². The molecule has 4 rings (SSSR count). The van der Waals surface area contributed by atoms with Crippen LogP contribution in [0.25, 0.3) is 0 Å². The Bertz CT molecular complexity index is 911. The van der Waals surface area contributed by atoms with Crippen LogP contribution in [0.5, 0.6) is 5.75 Å². The molecule has 0 atom stereocenters. The second-order valence-electron chi connectivity index (χ2n) is 9.35. The van der Waals surface area contributed by atoms with Crippen LogP contribution < -0.4 is 20.3 Å². The van der Waals surface area contributed by atoms with E-state index in [0.717, 1.165) is 66.9 Å². The number of halogens is 1. The number of anilines is 2. The topological polar surface area (TPSA) is 62.3 Å². The van der Waals surface area contributed by atoms with E-state index in [-0.39, 0.29) is 0 Å². The highest BCUT2D eigenvalue weighted by Crippen LogP contribution is 2.30. The lowest BCUT2D eigenvalue weighted by Crippen LogP contribution is -2.32. The summed E-state index contributed by atoms with van der Waals surface area (Å²) in [6.45, 7) is 1.79. The van der Waals surface area contributed by atoms with Crippen LogP contribution >= 0.6 is 11.6 Å². The molecule has 1 saturated carbocycles. The average molecular weight is 458 g/mol. The quantitative estimate of drug-likeness (QED) is 0.591. The third kappa shape index (κ3) is 5.65. The van der Waals surface area contributed by atoms with E-state index in [4.69, 9.17) is 26.3 Å².